The van der Waals surface area contributed by atoms with Crippen molar-refractivity contribution in [3.05, 3.63) is 55.1 Å². The number of pyridine rings is 1. The zero-order valence-corrected chi connectivity index (χ0v) is 11.8. The Balaban J connectivity index is 2.79. The van der Waals surface area contributed by atoms with Crippen molar-refractivity contribution in [2.24, 2.45) is 7.05 Å². The summed E-state index contributed by atoms with van der Waals surface area (Å²) in [7, 11) is 1.60. The van der Waals surface area contributed by atoms with E-state index in [2.05, 4.69) is 0 Å². The van der Waals surface area contributed by atoms with Gasteiger partial charge in [-0.05, 0) is 46.9 Å². The second kappa shape index (κ2) is 4.78. The summed E-state index contributed by atoms with van der Waals surface area (Å²) in [5, 5.41) is 0.293. The lowest BCUT2D eigenvalue weighted by Crippen LogP contribution is -2.20. The van der Waals surface area contributed by atoms with E-state index < -0.39 is 5.82 Å². The highest BCUT2D eigenvalue weighted by atomic mass is 127. The molecule has 0 saturated carbocycles. The molecule has 2 aromatic rings. The van der Waals surface area contributed by atoms with Crippen molar-refractivity contribution in [3.63, 3.8) is 0 Å². The van der Waals surface area contributed by atoms with Crippen molar-refractivity contribution >= 4 is 34.2 Å². The molecule has 0 bridgehead atoms. The van der Waals surface area contributed by atoms with Crippen molar-refractivity contribution in [1.82, 2.24) is 4.57 Å². The summed E-state index contributed by atoms with van der Waals surface area (Å²) in [6.45, 7) is 0. The lowest BCUT2D eigenvalue weighted by Gasteiger charge is -2.11. The van der Waals surface area contributed by atoms with Crippen LogP contribution in [0.15, 0.2) is 35.1 Å². The lowest BCUT2D eigenvalue weighted by molar-refractivity contribution is 0.629. The van der Waals surface area contributed by atoms with Crippen molar-refractivity contribution in [2.75, 3.05) is 0 Å². The third-order valence-electron chi connectivity index (χ3n) is 2.48. The average molecular weight is 364 g/mol. The Labute approximate surface area is 116 Å². The average Bonchev–Trinajstić information content (AvgIpc) is 2.29. The van der Waals surface area contributed by atoms with Crippen LogP contribution in [-0.4, -0.2) is 4.57 Å². The molecule has 1 aromatic carbocycles. The minimum atomic E-state index is -0.436. The molecule has 0 fully saturated rings. The molecule has 0 N–H and O–H groups in total. The summed E-state index contributed by atoms with van der Waals surface area (Å²) >= 11 is 7.91. The summed E-state index contributed by atoms with van der Waals surface area (Å²) in [4.78, 5) is 11.8. The standard InChI is InChI=1S/C12H8ClFINO/c1-16-10(6-5-9(15)12(16)17)11-7(13)3-2-4-8(11)14/h2-6H,1H3. The van der Waals surface area contributed by atoms with Gasteiger partial charge in [-0.25, -0.2) is 4.39 Å². The van der Waals surface area contributed by atoms with Gasteiger partial charge in [0.15, 0.2) is 0 Å². The quantitative estimate of drug-likeness (QED) is 0.711. The fourth-order valence-corrected chi connectivity index (χ4v) is 2.40. The molecule has 17 heavy (non-hydrogen) atoms. The van der Waals surface area contributed by atoms with Crippen molar-refractivity contribution < 1.29 is 4.39 Å². The number of hydrogen-bond acceptors (Lipinski definition) is 1. The Morgan fingerprint density at radius 3 is 2.65 bits per heavy atom. The molecule has 2 rings (SSSR count). The van der Waals surface area contributed by atoms with Crippen LogP contribution in [-0.2, 0) is 7.05 Å². The Hall–Kier alpha value is -0.880. The molecule has 0 aliphatic rings. The van der Waals surface area contributed by atoms with Crippen LogP contribution in [0.4, 0.5) is 4.39 Å². The summed E-state index contributed by atoms with van der Waals surface area (Å²) in [5.41, 5.74) is 0.561. The smallest absolute Gasteiger partial charge is 0.264 e. The predicted octanol–water partition coefficient (Wildman–Crippen LogP) is 3.45. The van der Waals surface area contributed by atoms with E-state index in [0.717, 1.165) is 0 Å². The minimum absolute atomic E-state index is 0.164. The Morgan fingerprint density at radius 2 is 2.00 bits per heavy atom. The molecule has 0 spiro atoms. The summed E-state index contributed by atoms with van der Waals surface area (Å²) in [6, 6.07) is 7.80. The first kappa shape index (κ1) is 12.6. The summed E-state index contributed by atoms with van der Waals surface area (Å²) in [5.74, 6) is -0.436. The predicted molar refractivity (Wildman–Crippen MR) is 74.8 cm³/mol. The third-order valence-corrected chi connectivity index (χ3v) is 3.61. The largest absolute Gasteiger partial charge is 0.310 e. The molecule has 0 atom stereocenters. The maximum atomic E-state index is 13.7. The van der Waals surface area contributed by atoms with E-state index >= 15 is 0 Å². The monoisotopic (exact) mass is 363 g/mol. The van der Waals surface area contributed by atoms with Crippen LogP contribution >= 0.6 is 34.2 Å². The highest BCUT2D eigenvalue weighted by Gasteiger charge is 2.13. The molecule has 0 unspecified atom stereocenters. The lowest BCUT2D eigenvalue weighted by atomic mass is 10.1. The Kier molecular flexibility index (Phi) is 3.53. The maximum absolute atomic E-state index is 13.7. The van der Waals surface area contributed by atoms with Gasteiger partial charge >= 0.3 is 0 Å². The fourth-order valence-electron chi connectivity index (χ4n) is 1.60. The molecule has 88 valence electrons. The zero-order valence-electron chi connectivity index (χ0n) is 8.88. The van der Waals surface area contributed by atoms with Gasteiger partial charge in [-0.2, -0.15) is 0 Å². The van der Waals surface area contributed by atoms with E-state index in [1.54, 1.807) is 25.2 Å². The molecule has 0 aliphatic heterocycles. The third kappa shape index (κ3) is 2.24. The molecule has 1 heterocycles. The minimum Gasteiger partial charge on any atom is -0.310 e. The molecule has 0 amide bonds. The van der Waals surface area contributed by atoms with Gasteiger partial charge in [-0.3, -0.25) is 4.79 Å². The number of aromatic nitrogens is 1. The van der Waals surface area contributed by atoms with E-state index in [1.165, 1.54) is 16.7 Å². The normalized spacial score (nSPS) is 10.6. The van der Waals surface area contributed by atoms with Gasteiger partial charge in [0.1, 0.15) is 5.82 Å². The first-order valence-electron chi connectivity index (χ1n) is 4.82. The Morgan fingerprint density at radius 1 is 1.29 bits per heavy atom. The topological polar surface area (TPSA) is 22.0 Å². The van der Waals surface area contributed by atoms with Gasteiger partial charge in [0.05, 0.1) is 19.9 Å². The van der Waals surface area contributed by atoms with Crippen molar-refractivity contribution in [3.8, 4) is 11.3 Å². The van der Waals surface area contributed by atoms with E-state index in [1.807, 2.05) is 22.6 Å². The van der Waals surface area contributed by atoms with Crippen LogP contribution in [0.3, 0.4) is 0 Å². The van der Waals surface area contributed by atoms with Crippen molar-refractivity contribution in [1.29, 1.82) is 0 Å². The van der Waals surface area contributed by atoms with Gasteiger partial charge in [-0.1, -0.05) is 17.7 Å². The second-order valence-corrected chi connectivity index (χ2v) is 5.10. The van der Waals surface area contributed by atoms with Crippen LogP contribution in [0, 0.1) is 9.39 Å². The van der Waals surface area contributed by atoms with Crippen LogP contribution in [0.5, 0.6) is 0 Å². The van der Waals surface area contributed by atoms with Crippen LogP contribution in [0.25, 0.3) is 11.3 Å². The highest BCUT2D eigenvalue weighted by molar-refractivity contribution is 14.1. The fraction of sp³-hybridized carbons (Fsp3) is 0.0833. The zero-order chi connectivity index (χ0) is 12.6. The first-order valence-corrected chi connectivity index (χ1v) is 6.28. The molecule has 0 aliphatic carbocycles. The number of halogens is 3. The second-order valence-electron chi connectivity index (χ2n) is 3.53. The summed E-state index contributed by atoms with van der Waals surface area (Å²) in [6.07, 6.45) is 0. The molecule has 1 aromatic heterocycles. The first-order chi connectivity index (χ1) is 8.02. The van der Waals surface area contributed by atoms with E-state index in [-0.39, 0.29) is 11.1 Å². The van der Waals surface area contributed by atoms with E-state index in [4.69, 9.17) is 11.6 Å². The van der Waals surface area contributed by atoms with Gasteiger partial charge in [0, 0.05) is 7.05 Å². The summed E-state index contributed by atoms with van der Waals surface area (Å²) < 4.78 is 15.7. The Bertz CT molecular complexity index is 619. The molecule has 0 radical (unpaired) electrons. The molecular weight excluding hydrogens is 355 g/mol. The van der Waals surface area contributed by atoms with Gasteiger partial charge in [-0.15, -0.1) is 0 Å². The number of hydrogen-bond donors (Lipinski definition) is 0. The van der Waals surface area contributed by atoms with Crippen LogP contribution < -0.4 is 5.56 Å². The maximum Gasteiger partial charge on any atom is 0.264 e. The molecule has 0 saturated heterocycles. The molecule has 2 nitrogen and oxygen atoms in total. The van der Waals surface area contributed by atoms with Gasteiger partial charge in [0.2, 0.25) is 0 Å². The van der Waals surface area contributed by atoms with E-state index in [0.29, 0.717) is 14.3 Å². The van der Waals surface area contributed by atoms with Crippen molar-refractivity contribution in [2.45, 2.75) is 0 Å². The SMILES string of the molecule is Cn1c(-c2c(F)cccc2Cl)ccc(I)c1=O. The van der Waals surface area contributed by atoms with Crippen LogP contribution in [0.1, 0.15) is 0 Å². The number of nitrogens with zero attached hydrogens (tertiary/aromatic N) is 1. The van der Waals surface area contributed by atoms with Crippen LogP contribution in [0.2, 0.25) is 5.02 Å². The number of benzene rings is 1. The number of rotatable bonds is 1. The molecular formula is C12H8ClFINO. The highest BCUT2D eigenvalue weighted by Crippen LogP contribution is 2.29. The van der Waals surface area contributed by atoms with E-state index in [9.17, 15) is 9.18 Å². The van der Waals surface area contributed by atoms with Gasteiger partial charge < -0.3 is 4.57 Å². The van der Waals surface area contributed by atoms with Gasteiger partial charge in [0.25, 0.3) is 5.56 Å². The molecule has 5 heteroatoms.